The highest BCUT2D eigenvalue weighted by molar-refractivity contribution is 5.13. The standard InChI is InChI=1S/C11H19NO/c1-6(2)7-4-8-10-11(13-10)9(5-7)12(8)3/h6-11H,4-5H2,1-3H3/t7?,8-,9?,10-,11+/m1/s1. The second-order valence-corrected chi connectivity index (χ2v) is 5.34. The normalized spacial score (nSPS) is 54.0. The minimum atomic E-state index is 0.610. The highest BCUT2D eigenvalue weighted by Crippen LogP contribution is 2.50. The van der Waals surface area contributed by atoms with Crippen LogP contribution in [-0.2, 0) is 4.74 Å². The molecule has 3 fully saturated rings. The van der Waals surface area contributed by atoms with E-state index in [1.54, 1.807) is 0 Å². The van der Waals surface area contributed by atoms with Gasteiger partial charge in [-0.2, -0.15) is 0 Å². The fraction of sp³-hybridized carbons (Fsp3) is 1.00. The molecule has 3 saturated heterocycles. The number of hydrogen-bond donors (Lipinski definition) is 0. The molecule has 2 unspecified atom stereocenters. The molecule has 2 nitrogen and oxygen atoms in total. The Hall–Kier alpha value is -0.0800. The highest BCUT2D eigenvalue weighted by atomic mass is 16.6. The van der Waals surface area contributed by atoms with Crippen molar-refractivity contribution in [2.45, 2.75) is 51.0 Å². The van der Waals surface area contributed by atoms with E-state index < -0.39 is 0 Å². The van der Waals surface area contributed by atoms with Crippen molar-refractivity contribution in [3.63, 3.8) is 0 Å². The van der Waals surface area contributed by atoms with Gasteiger partial charge in [-0.1, -0.05) is 13.8 Å². The molecule has 3 heterocycles. The molecule has 0 saturated carbocycles. The summed E-state index contributed by atoms with van der Waals surface area (Å²) in [6, 6.07) is 1.49. The van der Waals surface area contributed by atoms with Crippen LogP contribution in [0.1, 0.15) is 26.7 Å². The number of ether oxygens (including phenoxy) is 1. The third-order valence-electron chi connectivity index (χ3n) is 4.40. The fourth-order valence-electron chi connectivity index (χ4n) is 3.33. The third kappa shape index (κ3) is 1.02. The minimum absolute atomic E-state index is 0.610. The van der Waals surface area contributed by atoms with Crippen molar-refractivity contribution in [1.82, 2.24) is 4.90 Å². The SMILES string of the molecule is CC(C)C1CC2[C@@H]3O[C@@H]3[C@@H](C1)N2C. The first-order chi connectivity index (χ1) is 6.18. The Kier molecular flexibility index (Phi) is 1.58. The molecule has 3 rings (SSSR count). The summed E-state index contributed by atoms with van der Waals surface area (Å²) in [7, 11) is 2.28. The molecule has 74 valence electrons. The zero-order valence-electron chi connectivity index (χ0n) is 8.73. The summed E-state index contributed by atoms with van der Waals surface area (Å²) in [5.74, 6) is 1.80. The van der Waals surface area contributed by atoms with E-state index in [1.165, 1.54) is 12.8 Å². The molecule has 0 amide bonds. The van der Waals surface area contributed by atoms with Crippen LogP contribution in [0.2, 0.25) is 0 Å². The molecule has 0 radical (unpaired) electrons. The molecule has 0 aromatic carbocycles. The van der Waals surface area contributed by atoms with Crippen molar-refractivity contribution in [2.75, 3.05) is 7.05 Å². The average Bonchev–Trinajstić information content (AvgIpc) is 2.77. The van der Waals surface area contributed by atoms with E-state index in [2.05, 4.69) is 25.8 Å². The molecule has 2 bridgehead atoms. The van der Waals surface area contributed by atoms with Gasteiger partial charge in [0.25, 0.3) is 0 Å². The van der Waals surface area contributed by atoms with E-state index in [-0.39, 0.29) is 0 Å². The van der Waals surface area contributed by atoms with Crippen LogP contribution in [-0.4, -0.2) is 36.2 Å². The fourth-order valence-corrected chi connectivity index (χ4v) is 3.33. The van der Waals surface area contributed by atoms with Crippen LogP contribution >= 0.6 is 0 Å². The van der Waals surface area contributed by atoms with Crippen molar-refractivity contribution < 1.29 is 4.74 Å². The number of likely N-dealkylation sites (N-methyl/N-ethyl adjacent to an activating group) is 1. The lowest BCUT2D eigenvalue weighted by Crippen LogP contribution is -2.45. The number of morpholine rings is 1. The van der Waals surface area contributed by atoms with Crippen molar-refractivity contribution in [3.05, 3.63) is 0 Å². The molecular weight excluding hydrogens is 162 g/mol. The maximum atomic E-state index is 5.68. The number of nitrogens with zero attached hydrogens (tertiary/aromatic N) is 1. The molecule has 0 aromatic rings. The van der Waals surface area contributed by atoms with Gasteiger partial charge in [-0.3, -0.25) is 4.90 Å². The summed E-state index contributed by atoms with van der Waals surface area (Å²) >= 11 is 0. The molecule has 2 heteroatoms. The van der Waals surface area contributed by atoms with Crippen LogP contribution in [0.5, 0.6) is 0 Å². The van der Waals surface area contributed by atoms with Gasteiger partial charge < -0.3 is 4.74 Å². The minimum Gasteiger partial charge on any atom is -0.366 e. The maximum absolute atomic E-state index is 5.68. The molecular formula is C11H19NO. The summed E-state index contributed by atoms with van der Waals surface area (Å²) in [6.07, 6.45) is 3.95. The highest BCUT2D eigenvalue weighted by Gasteiger charge is 2.62. The first-order valence-electron chi connectivity index (χ1n) is 5.56. The molecule has 3 aliphatic rings. The van der Waals surface area contributed by atoms with Gasteiger partial charge >= 0.3 is 0 Å². The second kappa shape index (κ2) is 2.48. The predicted octanol–water partition coefficient (Wildman–Crippen LogP) is 1.50. The number of fused-ring (bicyclic) bond motifs is 5. The topological polar surface area (TPSA) is 15.8 Å². The van der Waals surface area contributed by atoms with Crippen molar-refractivity contribution in [3.8, 4) is 0 Å². The first kappa shape index (κ1) is 8.25. The third-order valence-corrected chi connectivity index (χ3v) is 4.40. The zero-order valence-corrected chi connectivity index (χ0v) is 8.73. The van der Waals surface area contributed by atoms with Crippen LogP contribution in [0.25, 0.3) is 0 Å². The molecule has 0 aliphatic carbocycles. The Labute approximate surface area is 80.2 Å². The van der Waals surface area contributed by atoms with Crippen LogP contribution in [0.3, 0.4) is 0 Å². The Morgan fingerprint density at radius 1 is 1.15 bits per heavy atom. The average molecular weight is 181 g/mol. The van der Waals surface area contributed by atoms with Crippen LogP contribution in [0.15, 0.2) is 0 Å². The van der Waals surface area contributed by atoms with Gasteiger partial charge in [0, 0.05) is 12.1 Å². The van der Waals surface area contributed by atoms with Crippen molar-refractivity contribution >= 4 is 0 Å². The second-order valence-electron chi connectivity index (χ2n) is 5.34. The molecule has 13 heavy (non-hydrogen) atoms. The lowest BCUT2D eigenvalue weighted by atomic mass is 9.82. The van der Waals surface area contributed by atoms with Gasteiger partial charge in [0.05, 0.1) is 0 Å². The maximum Gasteiger partial charge on any atom is 0.101 e. The van der Waals surface area contributed by atoms with Gasteiger partial charge in [-0.15, -0.1) is 0 Å². The molecule has 3 aliphatic heterocycles. The Bertz CT molecular complexity index is 210. The number of piperidine rings is 1. The predicted molar refractivity (Wildman–Crippen MR) is 51.6 cm³/mol. The molecule has 0 spiro atoms. The summed E-state index contributed by atoms with van der Waals surface area (Å²) in [4.78, 5) is 2.57. The van der Waals surface area contributed by atoms with Gasteiger partial charge in [-0.05, 0) is 31.7 Å². The van der Waals surface area contributed by atoms with Crippen LogP contribution in [0.4, 0.5) is 0 Å². The zero-order chi connectivity index (χ0) is 9.16. The quantitative estimate of drug-likeness (QED) is 0.570. The van der Waals surface area contributed by atoms with E-state index in [4.69, 9.17) is 4.74 Å². The van der Waals surface area contributed by atoms with E-state index >= 15 is 0 Å². The summed E-state index contributed by atoms with van der Waals surface area (Å²) in [5, 5.41) is 0. The van der Waals surface area contributed by atoms with Crippen LogP contribution < -0.4 is 0 Å². The Morgan fingerprint density at radius 2 is 1.69 bits per heavy atom. The van der Waals surface area contributed by atoms with Gasteiger partial charge in [0.2, 0.25) is 0 Å². The monoisotopic (exact) mass is 181 g/mol. The molecule has 0 N–H and O–H groups in total. The van der Waals surface area contributed by atoms with E-state index in [1.807, 2.05) is 0 Å². The van der Waals surface area contributed by atoms with Crippen molar-refractivity contribution in [1.29, 1.82) is 0 Å². The number of rotatable bonds is 1. The largest absolute Gasteiger partial charge is 0.366 e. The van der Waals surface area contributed by atoms with E-state index in [0.29, 0.717) is 12.2 Å². The Balaban J connectivity index is 1.79. The number of epoxide rings is 1. The van der Waals surface area contributed by atoms with Gasteiger partial charge in [0.15, 0.2) is 0 Å². The van der Waals surface area contributed by atoms with E-state index in [9.17, 15) is 0 Å². The van der Waals surface area contributed by atoms with E-state index in [0.717, 1.165) is 23.9 Å². The van der Waals surface area contributed by atoms with Gasteiger partial charge in [-0.25, -0.2) is 0 Å². The van der Waals surface area contributed by atoms with Gasteiger partial charge in [0.1, 0.15) is 12.2 Å². The summed E-state index contributed by atoms with van der Waals surface area (Å²) in [5.41, 5.74) is 0. The number of hydrogen-bond acceptors (Lipinski definition) is 2. The van der Waals surface area contributed by atoms with Crippen LogP contribution in [0, 0.1) is 11.8 Å². The summed E-state index contributed by atoms with van der Waals surface area (Å²) in [6.45, 7) is 4.73. The summed E-state index contributed by atoms with van der Waals surface area (Å²) < 4.78 is 5.68. The molecule has 0 aromatic heterocycles. The van der Waals surface area contributed by atoms with Crippen molar-refractivity contribution in [2.24, 2.45) is 11.8 Å². The first-order valence-corrected chi connectivity index (χ1v) is 5.56. The lowest BCUT2D eigenvalue weighted by molar-refractivity contribution is 0.0355. The lowest BCUT2D eigenvalue weighted by Gasteiger charge is -2.39. The smallest absolute Gasteiger partial charge is 0.101 e. The Morgan fingerprint density at radius 3 is 2.15 bits per heavy atom. The molecule has 5 atom stereocenters.